The molecule has 0 saturated heterocycles. The van der Waals surface area contributed by atoms with E-state index in [-0.39, 0.29) is 11.9 Å². The van der Waals surface area contributed by atoms with Crippen molar-refractivity contribution in [1.29, 1.82) is 0 Å². The number of carbonyl (C=O) groups is 1. The number of para-hydroxylation sites is 1. The highest BCUT2D eigenvalue weighted by atomic mass is 16.2. The molecular weight excluding hydrogens is 254 g/mol. The van der Waals surface area contributed by atoms with E-state index in [1.54, 1.807) is 11.2 Å². The number of hydrogen-bond acceptors (Lipinski definition) is 4. The zero-order valence-electron chi connectivity index (χ0n) is 11.6. The van der Waals surface area contributed by atoms with E-state index in [4.69, 9.17) is 0 Å². The molecule has 0 fully saturated rings. The standard InChI is InChI=1S/C14H17N5O/c1-18-9-16-17-13(18)8-15-11-7-14(20)19(2)12-6-4-3-5-10(11)12/h3-6,9,11,15H,7-8H2,1-2H3. The number of benzene rings is 1. The second-order valence-corrected chi connectivity index (χ2v) is 5.01. The van der Waals surface area contributed by atoms with E-state index in [2.05, 4.69) is 21.6 Å². The fraction of sp³-hybridized carbons (Fsp3) is 0.357. The molecule has 1 amide bonds. The lowest BCUT2D eigenvalue weighted by atomic mass is 9.96. The monoisotopic (exact) mass is 271 g/mol. The first-order valence-corrected chi connectivity index (χ1v) is 6.58. The van der Waals surface area contributed by atoms with Crippen molar-refractivity contribution in [1.82, 2.24) is 20.1 Å². The third kappa shape index (κ3) is 2.18. The van der Waals surface area contributed by atoms with Crippen molar-refractivity contribution in [2.75, 3.05) is 11.9 Å². The van der Waals surface area contributed by atoms with E-state index in [9.17, 15) is 4.79 Å². The lowest BCUT2D eigenvalue weighted by Gasteiger charge is -2.32. The third-order valence-corrected chi connectivity index (χ3v) is 3.74. The molecule has 1 aromatic carbocycles. The van der Waals surface area contributed by atoms with Gasteiger partial charge in [0.25, 0.3) is 0 Å². The Morgan fingerprint density at radius 3 is 2.90 bits per heavy atom. The van der Waals surface area contributed by atoms with Gasteiger partial charge in [-0.1, -0.05) is 18.2 Å². The third-order valence-electron chi connectivity index (χ3n) is 3.74. The van der Waals surface area contributed by atoms with Gasteiger partial charge < -0.3 is 14.8 Å². The predicted octanol–water partition coefficient (Wildman–Crippen LogP) is 1.01. The average molecular weight is 271 g/mol. The van der Waals surface area contributed by atoms with Crippen LogP contribution in [-0.4, -0.2) is 27.7 Å². The molecule has 1 aliphatic heterocycles. The fourth-order valence-corrected chi connectivity index (χ4v) is 2.51. The summed E-state index contributed by atoms with van der Waals surface area (Å²) in [7, 11) is 3.73. The second kappa shape index (κ2) is 5.05. The summed E-state index contributed by atoms with van der Waals surface area (Å²) in [6, 6.07) is 8.01. The Morgan fingerprint density at radius 2 is 2.15 bits per heavy atom. The van der Waals surface area contributed by atoms with Crippen molar-refractivity contribution in [3.63, 3.8) is 0 Å². The zero-order chi connectivity index (χ0) is 14.1. The van der Waals surface area contributed by atoms with Crippen LogP contribution < -0.4 is 10.2 Å². The number of nitrogens with zero attached hydrogens (tertiary/aromatic N) is 4. The number of rotatable bonds is 3. The van der Waals surface area contributed by atoms with Crippen LogP contribution in [0, 0.1) is 0 Å². The number of carbonyl (C=O) groups excluding carboxylic acids is 1. The van der Waals surface area contributed by atoms with Gasteiger partial charge in [0, 0.05) is 32.2 Å². The van der Waals surface area contributed by atoms with Gasteiger partial charge in [-0.25, -0.2) is 0 Å². The maximum Gasteiger partial charge on any atom is 0.228 e. The average Bonchev–Trinajstić information content (AvgIpc) is 2.87. The van der Waals surface area contributed by atoms with Crippen molar-refractivity contribution >= 4 is 11.6 Å². The number of nitrogens with one attached hydrogen (secondary N) is 1. The number of aryl methyl sites for hydroxylation is 1. The van der Waals surface area contributed by atoms with E-state index in [1.165, 1.54) is 0 Å². The summed E-state index contributed by atoms with van der Waals surface area (Å²) >= 11 is 0. The largest absolute Gasteiger partial charge is 0.320 e. The molecule has 6 heteroatoms. The fourth-order valence-electron chi connectivity index (χ4n) is 2.51. The molecule has 6 nitrogen and oxygen atoms in total. The quantitative estimate of drug-likeness (QED) is 0.905. The molecule has 3 rings (SSSR count). The lowest BCUT2D eigenvalue weighted by molar-refractivity contribution is -0.119. The van der Waals surface area contributed by atoms with Crippen LogP contribution in [0.3, 0.4) is 0 Å². The van der Waals surface area contributed by atoms with E-state index in [0.717, 1.165) is 17.1 Å². The molecular formula is C14H17N5O. The van der Waals surface area contributed by atoms with Gasteiger partial charge in [0.2, 0.25) is 5.91 Å². The number of amides is 1. The summed E-state index contributed by atoms with van der Waals surface area (Å²) in [6.07, 6.45) is 2.14. The summed E-state index contributed by atoms with van der Waals surface area (Å²) in [5.74, 6) is 0.980. The molecule has 0 saturated carbocycles. The molecule has 0 spiro atoms. The highest BCUT2D eigenvalue weighted by Crippen LogP contribution is 2.33. The number of anilines is 1. The molecule has 1 unspecified atom stereocenters. The van der Waals surface area contributed by atoms with Crippen LogP contribution in [-0.2, 0) is 18.4 Å². The van der Waals surface area contributed by atoms with Gasteiger partial charge in [-0.05, 0) is 11.6 Å². The minimum atomic E-state index is 0.0200. The van der Waals surface area contributed by atoms with Gasteiger partial charge in [0.15, 0.2) is 0 Å². The van der Waals surface area contributed by atoms with Crippen LogP contribution >= 0.6 is 0 Å². The molecule has 2 aromatic rings. The Labute approximate surface area is 117 Å². The first-order valence-electron chi connectivity index (χ1n) is 6.58. The van der Waals surface area contributed by atoms with Crippen LogP contribution in [0.2, 0.25) is 0 Å². The lowest BCUT2D eigenvalue weighted by Crippen LogP contribution is -2.37. The van der Waals surface area contributed by atoms with Crippen molar-refractivity contribution < 1.29 is 4.79 Å². The highest BCUT2D eigenvalue weighted by molar-refractivity contribution is 5.96. The SMILES string of the molecule is CN1C(=O)CC(NCc2nncn2C)c2ccccc21. The van der Waals surface area contributed by atoms with Gasteiger partial charge in [-0.15, -0.1) is 10.2 Å². The summed E-state index contributed by atoms with van der Waals surface area (Å²) in [5, 5.41) is 11.3. The Balaban J connectivity index is 1.82. The topological polar surface area (TPSA) is 63.1 Å². The Morgan fingerprint density at radius 1 is 1.35 bits per heavy atom. The summed E-state index contributed by atoms with van der Waals surface area (Å²) in [4.78, 5) is 13.8. The Kier molecular flexibility index (Phi) is 3.23. The van der Waals surface area contributed by atoms with Crippen LogP contribution in [0.1, 0.15) is 23.9 Å². The first-order chi connectivity index (χ1) is 9.66. The molecule has 0 radical (unpaired) electrons. The van der Waals surface area contributed by atoms with Gasteiger partial charge in [-0.3, -0.25) is 4.79 Å². The molecule has 20 heavy (non-hydrogen) atoms. The number of fused-ring (bicyclic) bond motifs is 1. The van der Waals surface area contributed by atoms with Crippen molar-refractivity contribution in [3.05, 3.63) is 42.0 Å². The second-order valence-electron chi connectivity index (χ2n) is 5.01. The van der Waals surface area contributed by atoms with Crippen molar-refractivity contribution in [3.8, 4) is 0 Å². The van der Waals surface area contributed by atoms with Gasteiger partial charge >= 0.3 is 0 Å². The molecule has 2 heterocycles. The number of aromatic nitrogens is 3. The zero-order valence-corrected chi connectivity index (χ0v) is 11.6. The molecule has 1 atom stereocenters. The summed E-state index contributed by atoms with van der Waals surface area (Å²) in [5.41, 5.74) is 2.12. The molecule has 1 N–H and O–H groups in total. The maximum atomic E-state index is 12.0. The molecule has 1 aromatic heterocycles. The predicted molar refractivity (Wildman–Crippen MR) is 75.1 cm³/mol. The van der Waals surface area contributed by atoms with Crippen LogP contribution in [0.5, 0.6) is 0 Å². The van der Waals surface area contributed by atoms with Crippen molar-refractivity contribution in [2.24, 2.45) is 7.05 Å². The number of hydrogen-bond donors (Lipinski definition) is 1. The van der Waals surface area contributed by atoms with E-state index in [1.807, 2.05) is 36.9 Å². The van der Waals surface area contributed by atoms with Crippen LogP contribution in [0.25, 0.3) is 0 Å². The van der Waals surface area contributed by atoms with E-state index >= 15 is 0 Å². The Bertz CT molecular complexity index is 636. The highest BCUT2D eigenvalue weighted by Gasteiger charge is 2.28. The molecule has 0 bridgehead atoms. The molecule has 0 aliphatic carbocycles. The van der Waals surface area contributed by atoms with Crippen LogP contribution in [0.15, 0.2) is 30.6 Å². The Hall–Kier alpha value is -2.21. The molecule has 1 aliphatic rings. The van der Waals surface area contributed by atoms with Gasteiger partial charge in [0.1, 0.15) is 12.2 Å². The van der Waals surface area contributed by atoms with E-state index in [0.29, 0.717) is 13.0 Å². The molecule has 104 valence electrons. The van der Waals surface area contributed by atoms with E-state index < -0.39 is 0 Å². The van der Waals surface area contributed by atoms with Crippen LogP contribution in [0.4, 0.5) is 5.69 Å². The first kappa shape index (κ1) is 12.8. The normalized spacial score (nSPS) is 18.2. The van der Waals surface area contributed by atoms with Crippen molar-refractivity contribution in [2.45, 2.75) is 19.0 Å². The van der Waals surface area contributed by atoms with Gasteiger partial charge in [-0.2, -0.15) is 0 Å². The maximum absolute atomic E-state index is 12.0. The van der Waals surface area contributed by atoms with Gasteiger partial charge in [0.05, 0.1) is 6.54 Å². The smallest absolute Gasteiger partial charge is 0.228 e. The minimum Gasteiger partial charge on any atom is -0.320 e. The summed E-state index contributed by atoms with van der Waals surface area (Å²) in [6.45, 7) is 0.590. The minimum absolute atomic E-state index is 0.0200. The summed E-state index contributed by atoms with van der Waals surface area (Å²) < 4.78 is 1.87.